The molecule has 0 atom stereocenters. The molecule has 2 aromatic rings. The Kier molecular flexibility index (Phi) is 4.65. The number of hydrazone groups is 1. The van der Waals surface area contributed by atoms with E-state index in [4.69, 9.17) is 11.6 Å². The topological polar surface area (TPSA) is 41.5 Å². The number of hydrogen-bond acceptors (Lipinski definition) is 2. The summed E-state index contributed by atoms with van der Waals surface area (Å²) in [4.78, 5) is 11.8. The molecule has 3 nitrogen and oxygen atoms in total. The molecule has 2 rings (SSSR count). The lowest BCUT2D eigenvalue weighted by Gasteiger charge is -2.04. The van der Waals surface area contributed by atoms with E-state index in [1.807, 2.05) is 0 Å². The van der Waals surface area contributed by atoms with Crippen LogP contribution in [-0.4, -0.2) is 11.6 Å². The smallest absolute Gasteiger partial charge is 0.267 e. The molecular weight excluding hydrogens is 298 g/mol. The van der Waals surface area contributed by atoms with Crippen LogP contribution in [-0.2, 0) is 0 Å². The van der Waals surface area contributed by atoms with E-state index in [1.165, 1.54) is 19.1 Å². The Morgan fingerprint density at radius 1 is 1.14 bits per heavy atom. The van der Waals surface area contributed by atoms with Crippen molar-refractivity contribution in [2.75, 3.05) is 0 Å². The Balaban J connectivity index is 2.14. The molecule has 1 N–H and O–H groups in total. The Morgan fingerprint density at radius 3 is 2.48 bits per heavy atom. The van der Waals surface area contributed by atoms with E-state index >= 15 is 0 Å². The van der Waals surface area contributed by atoms with Crippen LogP contribution in [0.1, 0.15) is 22.8 Å². The van der Waals surface area contributed by atoms with Gasteiger partial charge in [0.05, 0.1) is 5.71 Å². The maximum absolute atomic E-state index is 13.5. The zero-order valence-corrected chi connectivity index (χ0v) is 11.8. The molecule has 0 aliphatic rings. The quantitative estimate of drug-likeness (QED) is 0.680. The fourth-order valence-electron chi connectivity index (χ4n) is 1.64. The predicted molar refractivity (Wildman–Crippen MR) is 77.5 cm³/mol. The number of nitrogens with zero attached hydrogens (tertiary/aromatic N) is 1. The third kappa shape index (κ3) is 3.86. The van der Waals surface area contributed by atoms with Gasteiger partial charge in [0.15, 0.2) is 0 Å². The summed E-state index contributed by atoms with van der Waals surface area (Å²) in [7, 11) is 0. The van der Waals surface area contributed by atoms with Gasteiger partial charge in [0.1, 0.15) is 11.6 Å². The van der Waals surface area contributed by atoms with Crippen LogP contribution in [0, 0.1) is 11.6 Å². The highest BCUT2D eigenvalue weighted by molar-refractivity contribution is 6.30. The molecule has 2 aromatic carbocycles. The molecule has 0 saturated carbocycles. The minimum Gasteiger partial charge on any atom is -0.267 e. The summed E-state index contributed by atoms with van der Waals surface area (Å²) in [5.74, 6) is -1.66. The first-order chi connectivity index (χ1) is 9.97. The molecule has 0 aromatic heterocycles. The lowest BCUT2D eigenvalue weighted by molar-refractivity contribution is 0.0955. The normalized spacial score (nSPS) is 11.3. The van der Waals surface area contributed by atoms with E-state index in [9.17, 15) is 13.6 Å². The van der Waals surface area contributed by atoms with E-state index in [0.29, 0.717) is 10.6 Å². The summed E-state index contributed by atoms with van der Waals surface area (Å²) in [6, 6.07) is 9.24. The molecule has 0 bridgehead atoms. The van der Waals surface area contributed by atoms with Crippen LogP contribution in [0.25, 0.3) is 0 Å². The van der Waals surface area contributed by atoms with Crippen molar-refractivity contribution in [3.8, 4) is 0 Å². The second kappa shape index (κ2) is 6.45. The Bertz CT molecular complexity index is 699. The third-order valence-electron chi connectivity index (χ3n) is 2.75. The van der Waals surface area contributed by atoms with E-state index < -0.39 is 17.5 Å². The number of halogens is 3. The molecule has 0 spiro atoms. The molecule has 0 fully saturated rings. The number of amides is 1. The van der Waals surface area contributed by atoms with Gasteiger partial charge in [-0.2, -0.15) is 5.10 Å². The van der Waals surface area contributed by atoms with Crippen molar-refractivity contribution in [3.63, 3.8) is 0 Å². The fourth-order valence-corrected chi connectivity index (χ4v) is 1.76. The largest absolute Gasteiger partial charge is 0.271 e. The van der Waals surface area contributed by atoms with Crippen molar-refractivity contribution in [3.05, 3.63) is 70.2 Å². The standard InChI is InChI=1S/C15H11ClF2N2O/c1-9(13-8-12(17)6-7-14(13)18)19-20-15(21)10-2-4-11(16)5-3-10/h2-8H,1H3,(H,20,21)/b19-9-. The molecule has 0 aliphatic carbocycles. The molecule has 0 aliphatic heterocycles. The van der Waals surface area contributed by atoms with Crippen LogP contribution in [0.2, 0.25) is 5.02 Å². The SMILES string of the molecule is C/C(=N/NC(=O)c1ccc(Cl)cc1)c1cc(F)ccc1F. The van der Waals surface area contributed by atoms with Crippen LogP contribution >= 0.6 is 11.6 Å². The maximum Gasteiger partial charge on any atom is 0.271 e. The van der Waals surface area contributed by atoms with Crippen molar-refractivity contribution >= 4 is 23.2 Å². The fraction of sp³-hybridized carbons (Fsp3) is 0.0667. The second-order valence-electron chi connectivity index (χ2n) is 4.27. The van der Waals surface area contributed by atoms with Crippen molar-refractivity contribution in [2.24, 2.45) is 5.10 Å². The maximum atomic E-state index is 13.5. The summed E-state index contributed by atoms with van der Waals surface area (Å²) < 4.78 is 26.6. The second-order valence-corrected chi connectivity index (χ2v) is 4.71. The summed E-state index contributed by atoms with van der Waals surface area (Å²) in [6.45, 7) is 1.47. The first-order valence-corrected chi connectivity index (χ1v) is 6.41. The number of carbonyl (C=O) groups excluding carboxylic acids is 1. The molecule has 0 heterocycles. The van der Waals surface area contributed by atoms with E-state index in [0.717, 1.165) is 18.2 Å². The van der Waals surface area contributed by atoms with E-state index in [1.54, 1.807) is 12.1 Å². The highest BCUT2D eigenvalue weighted by atomic mass is 35.5. The van der Waals surface area contributed by atoms with Gasteiger partial charge < -0.3 is 0 Å². The molecule has 0 saturated heterocycles. The lowest BCUT2D eigenvalue weighted by Crippen LogP contribution is -2.19. The van der Waals surface area contributed by atoms with Crippen molar-refractivity contribution in [2.45, 2.75) is 6.92 Å². The van der Waals surface area contributed by atoms with Gasteiger partial charge in [0.2, 0.25) is 0 Å². The highest BCUT2D eigenvalue weighted by Gasteiger charge is 2.08. The Morgan fingerprint density at radius 2 is 1.81 bits per heavy atom. The number of nitrogens with one attached hydrogen (secondary N) is 1. The molecule has 21 heavy (non-hydrogen) atoms. The van der Waals surface area contributed by atoms with Gasteiger partial charge in [-0.25, -0.2) is 14.2 Å². The molecule has 108 valence electrons. The number of hydrogen-bond donors (Lipinski definition) is 1. The highest BCUT2D eigenvalue weighted by Crippen LogP contribution is 2.11. The van der Waals surface area contributed by atoms with Crippen LogP contribution in [0.15, 0.2) is 47.6 Å². The third-order valence-corrected chi connectivity index (χ3v) is 3.00. The number of benzene rings is 2. The van der Waals surface area contributed by atoms with Gasteiger partial charge >= 0.3 is 0 Å². The van der Waals surface area contributed by atoms with Crippen LogP contribution in [0.3, 0.4) is 0 Å². The number of carbonyl (C=O) groups is 1. The van der Waals surface area contributed by atoms with Gasteiger partial charge in [-0.1, -0.05) is 11.6 Å². The first kappa shape index (κ1) is 15.1. The summed E-state index contributed by atoms with van der Waals surface area (Å²) in [5.41, 5.74) is 2.79. The average Bonchev–Trinajstić information content (AvgIpc) is 2.47. The Labute approximate surface area is 125 Å². The van der Waals surface area contributed by atoms with Gasteiger partial charge in [0, 0.05) is 16.1 Å². The summed E-state index contributed by atoms with van der Waals surface area (Å²) in [5, 5.41) is 4.28. The Hall–Kier alpha value is -2.27. The van der Waals surface area contributed by atoms with E-state index in [2.05, 4.69) is 10.5 Å². The van der Waals surface area contributed by atoms with Crippen molar-refractivity contribution < 1.29 is 13.6 Å². The van der Waals surface area contributed by atoms with Crippen LogP contribution < -0.4 is 5.43 Å². The number of rotatable bonds is 3. The summed E-state index contributed by atoms with van der Waals surface area (Å²) in [6.07, 6.45) is 0. The zero-order valence-electron chi connectivity index (χ0n) is 11.0. The van der Waals surface area contributed by atoms with Gasteiger partial charge in [-0.3, -0.25) is 4.79 Å². The van der Waals surface area contributed by atoms with Gasteiger partial charge in [0.25, 0.3) is 5.91 Å². The average molecular weight is 309 g/mol. The van der Waals surface area contributed by atoms with Crippen LogP contribution in [0.5, 0.6) is 0 Å². The lowest BCUT2D eigenvalue weighted by atomic mass is 10.1. The monoisotopic (exact) mass is 308 g/mol. The zero-order chi connectivity index (χ0) is 15.4. The molecule has 6 heteroatoms. The molecule has 1 amide bonds. The van der Waals surface area contributed by atoms with Crippen molar-refractivity contribution in [1.29, 1.82) is 0 Å². The molecule has 0 radical (unpaired) electrons. The van der Waals surface area contributed by atoms with Crippen molar-refractivity contribution in [1.82, 2.24) is 5.43 Å². The minimum absolute atomic E-state index is 0.00796. The first-order valence-electron chi connectivity index (χ1n) is 6.03. The van der Waals surface area contributed by atoms with Gasteiger partial charge in [-0.15, -0.1) is 0 Å². The minimum atomic E-state index is -0.613. The predicted octanol–water partition coefficient (Wildman–Crippen LogP) is 3.77. The molecular formula is C15H11ClF2N2O. The van der Waals surface area contributed by atoms with Gasteiger partial charge in [-0.05, 0) is 49.4 Å². The van der Waals surface area contributed by atoms with E-state index in [-0.39, 0.29) is 11.3 Å². The van der Waals surface area contributed by atoms with Crippen LogP contribution in [0.4, 0.5) is 8.78 Å². The summed E-state index contributed by atoms with van der Waals surface area (Å²) >= 11 is 5.72. The molecule has 0 unspecified atom stereocenters.